The van der Waals surface area contributed by atoms with Gasteiger partial charge in [-0.2, -0.15) is 0 Å². The third-order valence-corrected chi connectivity index (χ3v) is 2.94. The molecule has 3 nitrogen and oxygen atoms in total. The first-order valence-electron chi connectivity index (χ1n) is 5.31. The van der Waals surface area contributed by atoms with Crippen LogP contribution in [0.25, 0.3) is 21.5 Å². The van der Waals surface area contributed by atoms with Crippen LogP contribution in [0.15, 0.2) is 54.6 Å². The van der Waals surface area contributed by atoms with Crippen LogP contribution in [0.4, 0.5) is 5.69 Å². The Morgan fingerprint density at radius 2 is 1.47 bits per heavy atom. The first-order valence-corrected chi connectivity index (χ1v) is 5.31. The highest BCUT2D eigenvalue weighted by Gasteiger charge is 2.07. The third-order valence-electron chi connectivity index (χ3n) is 2.94. The van der Waals surface area contributed by atoms with Gasteiger partial charge < -0.3 is 0 Å². The van der Waals surface area contributed by atoms with E-state index >= 15 is 0 Å². The van der Waals surface area contributed by atoms with Crippen molar-refractivity contribution in [3.63, 3.8) is 0 Å². The molecular formula is C14H9NO2. The van der Waals surface area contributed by atoms with Gasteiger partial charge in [-0.05, 0) is 27.6 Å². The molecule has 0 aliphatic rings. The van der Waals surface area contributed by atoms with Gasteiger partial charge in [-0.1, -0.05) is 36.4 Å². The first-order chi connectivity index (χ1) is 8.25. The van der Waals surface area contributed by atoms with Crippen LogP contribution in [0.1, 0.15) is 0 Å². The smallest absolute Gasteiger partial charge is 0.258 e. The van der Waals surface area contributed by atoms with E-state index in [2.05, 4.69) is 0 Å². The molecule has 0 saturated carbocycles. The van der Waals surface area contributed by atoms with Crippen molar-refractivity contribution >= 4 is 27.2 Å². The summed E-state index contributed by atoms with van der Waals surface area (Å²) in [6, 6.07) is 16.9. The molecule has 0 fully saturated rings. The van der Waals surface area contributed by atoms with Gasteiger partial charge in [0.25, 0.3) is 5.69 Å². The van der Waals surface area contributed by atoms with Crippen molar-refractivity contribution in [3.05, 3.63) is 64.7 Å². The average Bonchev–Trinajstić information content (AvgIpc) is 2.38. The lowest BCUT2D eigenvalue weighted by atomic mass is 10.0. The fraction of sp³-hybridized carbons (Fsp3) is 0. The van der Waals surface area contributed by atoms with Gasteiger partial charge in [0, 0.05) is 12.1 Å². The van der Waals surface area contributed by atoms with E-state index < -0.39 is 0 Å². The number of nitro groups is 1. The summed E-state index contributed by atoms with van der Waals surface area (Å²) in [5.41, 5.74) is 0.133. The molecule has 0 amide bonds. The van der Waals surface area contributed by atoms with Crippen molar-refractivity contribution in [2.45, 2.75) is 0 Å². The van der Waals surface area contributed by atoms with E-state index in [1.807, 2.05) is 36.4 Å². The number of benzene rings is 3. The molecule has 0 saturated heterocycles. The molecule has 0 spiro atoms. The summed E-state index contributed by atoms with van der Waals surface area (Å²) >= 11 is 0. The lowest BCUT2D eigenvalue weighted by Crippen LogP contribution is -1.87. The van der Waals surface area contributed by atoms with Gasteiger partial charge in [-0.25, -0.2) is 0 Å². The maximum atomic E-state index is 10.8. The van der Waals surface area contributed by atoms with E-state index in [-0.39, 0.29) is 10.6 Å². The molecule has 0 heterocycles. The molecule has 3 rings (SSSR count). The maximum absolute atomic E-state index is 10.8. The number of hydrogen-bond acceptors (Lipinski definition) is 2. The molecule has 3 heteroatoms. The zero-order chi connectivity index (χ0) is 11.8. The predicted octanol–water partition coefficient (Wildman–Crippen LogP) is 3.90. The Bertz CT molecular complexity index is 734. The number of non-ortho nitro benzene ring substituents is 1. The minimum atomic E-state index is -0.360. The fourth-order valence-electron chi connectivity index (χ4n) is 2.10. The Hall–Kier alpha value is -2.42. The van der Waals surface area contributed by atoms with Crippen LogP contribution in [0, 0.1) is 10.1 Å². The minimum Gasteiger partial charge on any atom is -0.258 e. The van der Waals surface area contributed by atoms with Gasteiger partial charge >= 0.3 is 0 Å². The number of fused-ring (bicyclic) bond motifs is 3. The molecule has 0 atom stereocenters. The summed E-state index contributed by atoms with van der Waals surface area (Å²) < 4.78 is 0. The highest BCUT2D eigenvalue weighted by molar-refractivity contribution is 6.08. The minimum absolute atomic E-state index is 0.133. The lowest BCUT2D eigenvalue weighted by Gasteiger charge is -2.03. The third kappa shape index (κ3) is 1.52. The van der Waals surface area contributed by atoms with Crippen molar-refractivity contribution in [1.82, 2.24) is 0 Å². The molecule has 82 valence electrons. The van der Waals surface area contributed by atoms with Crippen LogP contribution in [-0.2, 0) is 0 Å². The number of nitrogens with zero attached hydrogens (tertiary/aromatic N) is 1. The normalized spacial score (nSPS) is 10.8. The highest BCUT2D eigenvalue weighted by Crippen LogP contribution is 2.28. The Morgan fingerprint density at radius 1 is 0.824 bits per heavy atom. The quantitative estimate of drug-likeness (QED) is 0.356. The number of nitro benzene ring substituents is 1. The highest BCUT2D eigenvalue weighted by atomic mass is 16.6. The molecule has 0 radical (unpaired) electrons. The number of hydrogen-bond donors (Lipinski definition) is 0. The molecule has 0 unspecified atom stereocenters. The second kappa shape index (κ2) is 3.56. The summed E-state index contributed by atoms with van der Waals surface area (Å²) in [7, 11) is 0. The predicted molar refractivity (Wildman–Crippen MR) is 68.1 cm³/mol. The van der Waals surface area contributed by atoms with Crippen LogP contribution in [0.3, 0.4) is 0 Å². The van der Waals surface area contributed by atoms with Crippen molar-refractivity contribution in [1.29, 1.82) is 0 Å². The van der Waals surface area contributed by atoms with E-state index in [1.165, 1.54) is 6.07 Å². The fourth-order valence-corrected chi connectivity index (χ4v) is 2.10. The lowest BCUT2D eigenvalue weighted by molar-refractivity contribution is -0.384. The second-order valence-corrected chi connectivity index (χ2v) is 3.95. The summed E-state index contributed by atoms with van der Waals surface area (Å²) in [5, 5.41) is 14.9. The van der Waals surface area contributed by atoms with Crippen molar-refractivity contribution in [2.24, 2.45) is 0 Å². The van der Waals surface area contributed by atoms with Gasteiger partial charge in [0.2, 0.25) is 0 Å². The molecule has 0 aromatic heterocycles. The molecule has 3 aromatic rings. The monoisotopic (exact) mass is 223 g/mol. The van der Waals surface area contributed by atoms with Crippen LogP contribution in [0.2, 0.25) is 0 Å². The maximum Gasteiger partial charge on any atom is 0.270 e. The van der Waals surface area contributed by atoms with Crippen LogP contribution in [0.5, 0.6) is 0 Å². The Kier molecular flexibility index (Phi) is 2.05. The molecule has 17 heavy (non-hydrogen) atoms. The van der Waals surface area contributed by atoms with Crippen molar-refractivity contribution in [3.8, 4) is 0 Å². The van der Waals surface area contributed by atoms with Gasteiger partial charge in [0.05, 0.1) is 4.92 Å². The standard InChI is InChI=1S/C14H9NO2/c16-15(17)12-8-7-11-6-5-10-3-1-2-4-13(10)14(11)9-12/h1-9H. The zero-order valence-corrected chi connectivity index (χ0v) is 8.96. The van der Waals surface area contributed by atoms with E-state index in [0.29, 0.717) is 0 Å². The number of rotatable bonds is 1. The molecule has 0 N–H and O–H groups in total. The van der Waals surface area contributed by atoms with E-state index in [9.17, 15) is 10.1 Å². The van der Waals surface area contributed by atoms with Gasteiger partial charge in [-0.15, -0.1) is 0 Å². The van der Waals surface area contributed by atoms with Crippen LogP contribution < -0.4 is 0 Å². The summed E-state index contributed by atoms with van der Waals surface area (Å²) in [4.78, 5) is 10.4. The Balaban J connectivity index is 2.46. The Labute approximate surface area is 97.4 Å². The SMILES string of the molecule is O=[N+]([O-])c1ccc2ccc3ccccc3c2c1. The average molecular weight is 223 g/mol. The van der Waals surface area contributed by atoms with Crippen LogP contribution in [-0.4, -0.2) is 4.92 Å². The van der Waals surface area contributed by atoms with Crippen LogP contribution >= 0.6 is 0 Å². The van der Waals surface area contributed by atoms with E-state index in [1.54, 1.807) is 12.1 Å². The summed E-state index contributed by atoms with van der Waals surface area (Å²) in [5.74, 6) is 0. The molecule has 0 aliphatic heterocycles. The van der Waals surface area contributed by atoms with Gasteiger partial charge in [0.1, 0.15) is 0 Å². The van der Waals surface area contributed by atoms with Crippen molar-refractivity contribution < 1.29 is 4.92 Å². The molecule has 3 aromatic carbocycles. The summed E-state index contributed by atoms with van der Waals surface area (Å²) in [6.07, 6.45) is 0. The summed E-state index contributed by atoms with van der Waals surface area (Å²) in [6.45, 7) is 0. The topological polar surface area (TPSA) is 43.1 Å². The Morgan fingerprint density at radius 3 is 2.24 bits per heavy atom. The van der Waals surface area contributed by atoms with Gasteiger partial charge in [-0.3, -0.25) is 10.1 Å². The first kappa shape index (κ1) is 9.78. The molecular weight excluding hydrogens is 214 g/mol. The largest absolute Gasteiger partial charge is 0.270 e. The van der Waals surface area contributed by atoms with Crippen molar-refractivity contribution in [2.75, 3.05) is 0 Å². The zero-order valence-electron chi connectivity index (χ0n) is 8.96. The van der Waals surface area contributed by atoms with Gasteiger partial charge in [0.15, 0.2) is 0 Å². The van der Waals surface area contributed by atoms with E-state index in [0.717, 1.165) is 21.5 Å². The molecule has 0 aliphatic carbocycles. The second-order valence-electron chi connectivity index (χ2n) is 3.95. The molecule has 0 bridgehead atoms. The van der Waals surface area contributed by atoms with E-state index in [4.69, 9.17) is 0 Å².